The molecule has 0 saturated carbocycles. The number of halogens is 1. The van der Waals surface area contributed by atoms with Crippen molar-refractivity contribution >= 4 is 23.4 Å². The molecule has 1 aromatic rings. The zero-order valence-electron chi connectivity index (χ0n) is 9.36. The molecule has 0 radical (unpaired) electrons. The zero-order valence-corrected chi connectivity index (χ0v) is 10.1. The fraction of sp³-hybridized carbons (Fsp3) is 0.167. The maximum Gasteiger partial charge on any atom is 0.330 e. The fourth-order valence-electron chi connectivity index (χ4n) is 1.17. The summed E-state index contributed by atoms with van der Waals surface area (Å²) >= 11 is 5.84. The number of methoxy groups -OCH3 is 1. The monoisotopic (exact) mass is 254 g/mol. The number of phenols is 1. The van der Waals surface area contributed by atoms with Gasteiger partial charge in [0, 0.05) is 11.1 Å². The van der Waals surface area contributed by atoms with Gasteiger partial charge in [-0.2, -0.15) is 0 Å². The summed E-state index contributed by atoms with van der Waals surface area (Å²) in [6.07, 6.45) is 2.00. The van der Waals surface area contributed by atoms with Crippen molar-refractivity contribution in [2.45, 2.75) is 6.92 Å². The third-order valence-corrected chi connectivity index (χ3v) is 2.52. The van der Waals surface area contributed by atoms with Gasteiger partial charge < -0.3 is 9.84 Å². The molecular weight excluding hydrogens is 244 g/mol. The molecular formula is C12H11ClO4. The van der Waals surface area contributed by atoms with Crippen LogP contribution in [0.15, 0.2) is 24.3 Å². The van der Waals surface area contributed by atoms with Gasteiger partial charge in [-0.15, -0.1) is 0 Å². The molecule has 0 aliphatic rings. The summed E-state index contributed by atoms with van der Waals surface area (Å²) in [4.78, 5) is 22.4. The maximum absolute atomic E-state index is 11.6. The van der Waals surface area contributed by atoms with E-state index in [1.165, 1.54) is 19.2 Å². The summed E-state index contributed by atoms with van der Waals surface area (Å²) in [6.45, 7) is 1.71. The van der Waals surface area contributed by atoms with Gasteiger partial charge in [0.2, 0.25) is 0 Å². The van der Waals surface area contributed by atoms with Crippen molar-refractivity contribution < 1.29 is 19.4 Å². The number of phenolic OH excluding ortho intramolecular Hbond substituents is 1. The van der Waals surface area contributed by atoms with Crippen LogP contribution in [-0.2, 0) is 9.53 Å². The van der Waals surface area contributed by atoms with E-state index < -0.39 is 11.8 Å². The predicted molar refractivity (Wildman–Crippen MR) is 63.3 cm³/mol. The van der Waals surface area contributed by atoms with Gasteiger partial charge in [-0.05, 0) is 30.7 Å². The molecule has 1 rings (SSSR count). The molecule has 0 unspecified atom stereocenters. The lowest BCUT2D eigenvalue weighted by Crippen LogP contribution is -1.99. The number of carbonyl (C=O) groups is 2. The van der Waals surface area contributed by atoms with Crippen molar-refractivity contribution in [3.8, 4) is 5.75 Å². The lowest BCUT2D eigenvalue weighted by Gasteiger charge is -2.04. The molecule has 0 saturated heterocycles. The van der Waals surface area contributed by atoms with Crippen LogP contribution in [0.5, 0.6) is 5.75 Å². The number of hydrogen-bond acceptors (Lipinski definition) is 4. The van der Waals surface area contributed by atoms with Crippen molar-refractivity contribution in [2.24, 2.45) is 0 Å². The first kappa shape index (κ1) is 13.3. The van der Waals surface area contributed by atoms with Gasteiger partial charge >= 0.3 is 5.97 Å². The molecule has 1 aromatic carbocycles. The molecule has 90 valence electrons. The molecule has 0 spiro atoms. The van der Waals surface area contributed by atoms with Gasteiger partial charge in [-0.3, -0.25) is 4.79 Å². The largest absolute Gasteiger partial charge is 0.507 e. The Morgan fingerprint density at radius 2 is 2.00 bits per heavy atom. The van der Waals surface area contributed by atoms with E-state index in [1.54, 1.807) is 6.92 Å². The summed E-state index contributed by atoms with van der Waals surface area (Å²) in [5.41, 5.74) is 0.707. The standard InChI is InChI=1S/C12H11ClO4/c1-7-5-11(15)8(6-9(7)13)10(14)3-4-12(16)17-2/h3-6,15H,1-2H3/b4-3+. The van der Waals surface area contributed by atoms with Crippen LogP contribution in [0.3, 0.4) is 0 Å². The molecule has 0 atom stereocenters. The number of aromatic hydroxyl groups is 1. The average molecular weight is 255 g/mol. The first-order valence-corrected chi connectivity index (χ1v) is 5.13. The second-order valence-corrected chi connectivity index (χ2v) is 3.75. The lowest BCUT2D eigenvalue weighted by atomic mass is 10.1. The van der Waals surface area contributed by atoms with Crippen LogP contribution in [0.1, 0.15) is 15.9 Å². The van der Waals surface area contributed by atoms with Gasteiger partial charge in [0.25, 0.3) is 0 Å². The lowest BCUT2D eigenvalue weighted by molar-refractivity contribution is -0.134. The zero-order chi connectivity index (χ0) is 13.0. The van der Waals surface area contributed by atoms with Gasteiger partial charge in [0.15, 0.2) is 5.78 Å². The van der Waals surface area contributed by atoms with E-state index >= 15 is 0 Å². The Hall–Kier alpha value is -1.81. The van der Waals surface area contributed by atoms with Gasteiger partial charge in [0.1, 0.15) is 5.75 Å². The molecule has 0 fully saturated rings. The second-order valence-electron chi connectivity index (χ2n) is 3.34. The highest BCUT2D eigenvalue weighted by Gasteiger charge is 2.11. The Balaban J connectivity index is 3.01. The molecule has 0 aromatic heterocycles. The minimum absolute atomic E-state index is 0.0424. The smallest absolute Gasteiger partial charge is 0.330 e. The van der Waals surface area contributed by atoms with Crippen LogP contribution >= 0.6 is 11.6 Å². The quantitative estimate of drug-likeness (QED) is 0.511. The van der Waals surface area contributed by atoms with Gasteiger partial charge in [-0.1, -0.05) is 11.6 Å². The van der Waals surface area contributed by atoms with E-state index in [1.807, 2.05) is 0 Å². The van der Waals surface area contributed by atoms with Crippen molar-refractivity contribution in [3.05, 3.63) is 40.4 Å². The number of benzene rings is 1. The van der Waals surface area contributed by atoms with E-state index in [4.69, 9.17) is 11.6 Å². The van der Waals surface area contributed by atoms with Crippen LogP contribution in [0.2, 0.25) is 5.02 Å². The molecule has 0 bridgehead atoms. The molecule has 0 aliphatic heterocycles. The molecule has 4 nitrogen and oxygen atoms in total. The Bertz CT molecular complexity index is 492. The number of carbonyl (C=O) groups excluding carboxylic acids is 2. The van der Waals surface area contributed by atoms with E-state index in [-0.39, 0.29) is 11.3 Å². The van der Waals surface area contributed by atoms with E-state index in [9.17, 15) is 14.7 Å². The summed E-state index contributed by atoms with van der Waals surface area (Å²) < 4.78 is 4.34. The Labute approximate surface area is 103 Å². The highest BCUT2D eigenvalue weighted by atomic mass is 35.5. The summed E-state index contributed by atoms with van der Waals surface area (Å²) in [5, 5.41) is 9.95. The minimum Gasteiger partial charge on any atom is -0.507 e. The molecule has 1 N–H and O–H groups in total. The van der Waals surface area contributed by atoms with Crippen molar-refractivity contribution in [3.63, 3.8) is 0 Å². The maximum atomic E-state index is 11.6. The molecule has 0 amide bonds. The molecule has 17 heavy (non-hydrogen) atoms. The topological polar surface area (TPSA) is 63.6 Å². The number of ketones is 1. The first-order chi connectivity index (χ1) is 7.95. The summed E-state index contributed by atoms with van der Waals surface area (Å²) in [7, 11) is 1.21. The van der Waals surface area contributed by atoms with Crippen molar-refractivity contribution in [1.82, 2.24) is 0 Å². The van der Waals surface area contributed by atoms with Crippen LogP contribution in [0, 0.1) is 6.92 Å². The van der Waals surface area contributed by atoms with E-state index in [0.717, 1.165) is 12.2 Å². The van der Waals surface area contributed by atoms with E-state index in [2.05, 4.69) is 4.74 Å². The summed E-state index contributed by atoms with van der Waals surface area (Å²) in [5.74, 6) is -1.34. The number of hydrogen-bond donors (Lipinski definition) is 1. The number of ether oxygens (including phenoxy) is 1. The average Bonchev–Trinajstić information content (AvgIpc) is 2.30. The third-order valence-electron chi connectivity index (χ3n) is 2.11. The van der Waals surface area contributed by atoms with E-state index in [0.29, 0.717) is 10.6 Å². The van der Waals surface area contributed by atoms with Gasteiger partial charge in [0.05, 0.1) is 12.7 Å². The highest BCUT2D eigenvalue weighted by molar-refractivity contribution is 6.32. The van der Waals surface area contributed by atoms with Crippen LogP contribution in [0.4, 0.5) is 0 Å². The number of allylic oxidation sites excluding steroid dienone is 1. The SMILES string of the molecule is COC(=O)/C=C/C(=O)c1cc(Cl)c(C)cc1O. The van der Waals surface area contributed by atoms with Crippen LogP contribution in [-0.4, -0.2) is 24.0 Å². The minimum atomic E-state index is -0.643. The number of esters is 1. The van der Waals surface area contributed by atoms with Crippen molar-refractivity contribution in [2.75, 3.05) is 7.11 Å². The normalized spacial score (nSPS) is 10.5. The highest BCUT2D eigenvalue weighted by Crippen LogP contribution is 2.26. The van der Waals surface area contributed by atoms with Crippen LogP contribution in [0.25, 0.3) is 0 Å². The molecule has 5 heteroatoms. The molecule has 0 aliphatic carbocycles. The number of rotatable bonds is 3. The second kappa shape index (κ2) is 5.50. The van der Waals surface area contributed by atoms with Crippen LogP contribution < -0.4 is 0 Å². The number of aryl methyl sites for hydroxylation is 1. The third kappa shape index (κ3) is 3.32. The van der Waals surface area contributed by atoms with Crippen molar-refractivity contribution in [1.29, 1.82) is 0 Å². The fourth-order valence-corrected chi connectivity index (χ4v) is 1.33. The summed E-state index contributed by atoms with van der Waals surface area (Å²) in [6, 6.07) is 2.75. The molecule has 0 heterocycles. The first-order valence-electron chi connectivity index (χ1n) is 4.75. The van der Waals surface area contributed by atoms with Gasteiger partial charge in [-0.25, -0.2) is 4.79 Å². The Morgan fingerprint density at radius 3 is 2.59 bits per heavy atom. The predicted octanol–water partition coefficient (Wildman–Crippen LogP) is 2.27. The Morgan fingerprint density at radius 1 is 1.35 bits per heavy atom. The Kier molecular flexibility index (Phi) is 4.29.